The predicted octanol–water partition coefficient (Wildman–Crippen LogP) is 6.08. The van der Waals surface area contributed by atoms with Crippen molar-refractivity contribution in [3.8, 4) is 11.3 Å². The van der Waals surface area contributed by atoms with Gasteiger partial charge in [0.2, 0.25) is 5.78 Å². The Balaban J connectivity index is 0.000000263. The van der Waals surface area contributed by atoms with Crippen molar-refractivity contribution in [3.05, 3.63) is 58.1 Å². The Hall–Kier alpha value is -3.23. The normalized spacial score (nSPS) is 17.9. The van der Waals surface area contributed by atoms with E-state index in [1.165, 1.54) is 36.5 Å². The minimum atomic E-state index is -4.25. The maximum Gasteiger partial charge on any atom is 0.389 e. The van der Waals surface area contributed by atoms with Crippen LogP contribution < -0.4 is 10.9 Å². The molecule has 1 saturated carbocycles. The number of likely N-dealkylation sites (N-methyl/N-ethyl adjacent to an activating group) is 1. The maximum atomic E-state index is 12.9. The largest absolute Gasteiger partial charge is 0.389 e. The molecule has 3 aliphatic rings. The van der Waals surface area contributed by atoms with Crippen LogP contribution in [0, 0.1) is 5.41 Å². The van der Waals surface area contributed by atoms with Crippen molar-refractivity contribution in [3.63, 3.8) is 0 Å². The Bertz CT molecular complexity index is 1450. The van der Waals surface area contributed by atoms with E-state index in [0.717, 1.165) is 51.1 Å². The van der Waals surface area contributed by atoms with Crippen molar-refractivity contribution in [2.75, 3.05) is 46.4 Å². The second kappa shape index (κ2) is 16.1. The molecule has 46 heavy (non-hydrogen) atoms. The summed E-state index contributed by atoms with van der Waals surface area (Å²) in [7, 11) is 2.00. The summed E-state index contributed by atoms with van der Waals surface area (Å²) in [6.07, 6.45) is 2.61. The number of benzene rings is 1. The van der Waals surface area contributed by atoms with Gasteiger partial charge in [-0.1, -0.05) is 43.5 Å². The number of carbonyl (C=O) groups is 1. The van der Waals surface area contributed by atoms with Crippen molar-refractivity contribution < 1.29 is 35.9 Å². The van der Waals surface area contributed by atoms with Gasteiger partial charge in [-0.15, -0.1) is 0 Å². The SMILES string of the molecule is CNCCN1CC2(COC2)C1.FC(F)F.O=Cc1ccc(-c2cc(=O)n3cc(C4CCCCC4)nc3n2CCCC(F)(F)F)cc1. The molecule has 6 rings (SSSR count). The monoisotopic (exact) mass is 657 g/mol. The second-order valence-corrected chi connectivity index (χ2v) is 12.2. The highest BCUT2D eigenvalue weighted by Gasteiger charge is 2.48. The molecular formula is C32H41F6N5O3. The topological polar surface area (TPSA) is 80.9 Å². The lowest BCUT2D eigenvalue weighted by Crippen LogP contribution is -2.66. The van der Waals surface area contributed by atoms with Gasteiger partial charge in [-0.05, 0) is 31.9 Å². The smallest absolute Gasteiger partial charge is 0.380 e. The van der Waals surface area contributed by atoms with Crippen molar-refractivity contribution in [2.24, 2.45) is 5.41 Å². The second-order valence-electron chi connectivity index (χ2n) is 12.2. The summed E-state index contributed by atoms with van der Waals surface area (Å²) in [5, 5.41) is 3.16. The van der Waals surface area contributed by atoms with Gasteiger partial charge in [0, 0.05) is 68.3 Å². The number of likely N-dealkylation sites (tertiary alicyclic amines) is 1. The van der Waals surface area contributed by atoms with Gasteiger partial charge in [-0.25, -0.2) is 4.98 Å². The fourth-order valence-electron chi connectivity index (χ4n) is 6.24. The van der Waals surface area contributed by atoms with Crippen molar-refractivity contribution in [1.82, 2.24) is 24.2 Å². The molecule has 1 aliphatic carbocycles. The number of imidazole rings is 1. The van der Waals surface area contributed by atoms with Crippen LogP contribution in [0.3, 0.4) is 0 Å². The van der Waals surface area contributed by atoms with E-state index >= 15 is 0 Å². The molecule has 2 saturated heterocycles. The van der Waals surface area contributed by atoms with Crippen LogP contribution in [-0.4, -0.2) is 84.4 Å². The maximum absolute atomic E-state index is 12.9. The van der Waals surface area contributed by atoms with Crippen molar-refractivity contribution in [2.45, 2.75) is 70.3 Å². The third-order valence-electron chi connectivity index (χ3n) is 8.56. The molecule has 14 heteroatoms. The number of aryl methyl sites for hydroxylation is 1. The zero-order valence-electron chi connectivity index (χ0n) is 25.9. The Morgan fingerprint density at radius 1 is 1.07 bits per heavy atom. The minimum absolute atomic E-state index is 0.0785. The van der Waals surface area contributed by atoms with Crippen LogP contribution in [0.15, 0.2) is 41.3 Å². The number of nitrogens with one attached hydrogen (secondary N) is 1. The summed E-state index contributed by atoms with van der Waals surface area (Å²) in [6, 6.07) is 8.06. The lowest BCUT2D eigenvalue weighted by Gasteiger charge is -2.55. The number of hydrogen-bond acceptors (Lipinski definition) is 6. The number of alkyl halides is 6. The number of rotatable bonds is 9. The summed E-state index contributed by atoms with van der Waals surface area (Å²) in [5.74, 6) is 0.636. The summed E-state index contributed by atoms with van der Waals surface area (Å²) in [4.78, 5) is 31.0. The highest BCUT2D eigenvalue weighted by atomic mass is 19.4. The van der Waals surface area contributed by atoms with Gasteiger partial charge in [0.25, 0.3) is 5.56 Å². The average Bonchev–Trinajstić information content (AvgIpc) is 3.43. The van der Waals surface area contributed by atoms with Gasteiger partial charge < -0.3 is 19.5 Å². The van der Waals surface area contributed by atoms with Crippen LogP contribution in [0.25, 0.3) is 17.0 Å². The van der Waals surface area contributed by atoms with Gasteiger partial charge in [-0.3, -0.25) is 14.0 Å². The molecule has 2 aromatic heterocycles. The van der Waals surface area contributed by atoms with E-state index in [1.54, 1.807) is 35.0 Å². The number of nitrogens with zero attached hydrogens (tertiary/aromatic N) is 4. The Labute approximate surface area is 263 Å². The molecule has 3 aromatic rings. The van der Waals surface area contributed by atoms with Crippen LogP contribution in [0.1, 0.15) is 66.9 Å². The molecular weight excluding hydrogens is 616 g/mol. The predicted molar refractivity (Wildman–Crippen MR) is 162 cm³/mol. The van der Waals surface area contributed by atoms with E-state index in [-0.39, 0.29) is 24.4 Å². The molecule has 3 fully saturated rings. The summed E-state index contributed by atoms with van der Waals surface area (Å²) >= 11 is 0. The fraction of sp³-hybridized carbons (Fsp3) is 0.594. The molecule has 1 aromatic carbocycles. The zero-order valence-corrected chi connectivity index (χ0v) is 25.9. The number of hydrogen-bond donors (Lipinski definition) is 1. The fourth-order valence-corrected chi connectivity index (χ4v) is 6.24. The first kappa shape index (κ1) is 35.6. The lowest BCUT2D eigenvalue weighted by molar-refractivity contribution is -0.188. The average molecular weight is 658 g/mol. The zero-order chi connectivity index (χ0) is 33.3. The molecule has 0 unspecified atom stereocenters. The van der Waals surface area contributed by atoms with E-state index in [0.29, 0.717) is 34.3 Å². The standard InChI is InChI=1S/C23H24F3N3O2.C8H16N2O.CHF3/c24-23(25,26)11-4-12-28-20(18-9-7-16(15-30)8-10-18)13-21(31)29-14-19(27-22(28)29)17-5-2-1-3-6-17;1-9-2-3-10-4-8(5-10)6-11-7-8;2-1(3)4/h7-10,13-15,17H,1-6,11-12H2;9H,2-7H2,1H3;1H. The lowest BCUT2D eigenvalue weighted by atomic mass is 9.78. The number of ether oxygens (including phenoxy) is 1. The molecule has 2 aliphatic heterocycles. The van der Waals surface area contributed by atoms with Gasteiger partial charge in [-0.2, -0.15) is 26.3 Å². The van der Waals surface area contributed by atoms with E-state index in [9.17, 15) is 35.9 Å². The van der Waals surface area contributed by atoms with E-state index < -0.39 is 19.3 Å². The first-order valence-corrected chi connectivity index (χ1v) is 15.6. The van der Waals surface area contributed by atoms with Crippen molar-refractivity contribution in [1.29, 1.82) is 0 Å². The molecule has 0 bridgehead atoms. The Kier molecular flexibility index (Phi) is 12.4. The number of carbonyl (C=O) groups excluding carboxylic acids is 1. The van der Waals surface area contributed by atoms with Crippen LogP contribution in [0.4, 0.5) is 26.3 Å². The van der Waals surface area contributed by atoms with Crippen LogP contribution in [0.2, 0.25) is 0 Å². The van der Waals surface area contributed by atoms with E-state index in [4.69, 9.17) is 9.72 Å². The molecule has 8 nitrogen and oxygen atoms in total. The highest BCUT2D eigenvalue weighted by molar-refractivity contribution is 5.76. The van der Waals surface area contributed by atoms with Gasteiger partial charge >= 0.3 is 12.9 Å². The molecule has 0 atom stereocenters. The summed E-state index contributed by atoms with van der Waals surface area (Å²) in [6.45, 7) is 3.24. The van der Waals surface area contributed by atoms with Crippen LogP contribution in [-0.2, 0) is 11.3 Å². The summed E-state index contributed by atoms with van der Waals surface area (Å²) < 4.78 is 75.7. The molecule has 0 radical (unpaired) electrons. The van der Waals surface area contributed by atoms with E-state index in [2.05, 4.69) is 10.2 Å². The number of halogens is 6. The van der Waals surface area contributed by atoms with Gasteiger partial charge in [0.15, 0.2) is 0 Å². The quantitative estimate of drug-likeness (QED) is 0.222. The Morgan fingerprint density at radius 2 is 1.72 bits per heavy atom. The van der Waals surface area contributed by atoms with Crippen LogP contribution in [0.5, 0.6) is 0 Å². The Morgan fingerprint density at radius 3 is 2.26 bits per heavy atom. The first-order chi connectivity index (χ1) is 21.9. The third kappa shape index (κ3) is 9.64. The number of aldehydes is 1. The van der Waals surface area contributed by atoms with Crippen molar-refractivity contribution >= 4 is 12.1 Å². The molecule has 1 spiro atoms. The molecule has 254 valence electrons. The third-order valence-corrected chi connectivity index (χ3v) is 8.56. The minimum Gasteiger partial charge on any atom is -0.380 e. The van der Waals surface area contributed by atoms with Crippen LogP contribution >= 0.6 is 0 Å². The first-order valence-electron chi connectivity index (χ1n) is 15.6. The molecule has 4 heterocycles. The van der Waals surface area contributed by atoms with Gasteiger partial charge in [0.05, 0.1) is 24.6 Å². The molecule has 0 amide bonds. The number of fused-ring (bicyclic) bond motifs is 1. The molecule has 1 N–H and O–H groups in total. The van der Waals surface area contributed by atoms with E-state index in [1.807, 2.05) is 7.05 Å². The highest BCUT2D eigenvalue weighted by Crippen LogP contribution is 2.37. The summed E-state index contributed by atoms with van der Waals surface area (Å²) in [5.41, 5.74) is 2.78. The van der Waals surface area contributed by atoms with Gasteiger partial charge in [0.1, 0.15) is 6.29 Å². The number of aromatic nitrogens is 3.